The molecule has 0 aromatic carbocycles. The van der Waals surface area contributed by atoms with Crippen molar-refractivity contribution in [3.63, 3.8) is 0 Å². The van der Waals surface area contributed by atoms with Crippen LogP contribution in [0.4, 0.5) is 4.79 Å². The third kappa shape index (κ3) is 2.33. The van der Waals surface area contributed by atoms with E-state index in [4.69, 9.17) is 4.74 Å². The minimum absolute atomic E-state index is 0.0207. The number of likely N-dealkylation sites (tertiary alicyclic amines) is 1. The van der Waals surface area contributed by atoms with E-state index in [0.717, 1.165) is 50.2 Å². The fraction of sp³-hybridized carbons (Fsp3) is 0.500. The second kappa shape index (κ2) is 5.28. The largest absolute Gasteiger partial charge is 0.381 e. The molecule has 2 amide bonds. The number of fused-ring (bicyclic) bond motifs is 1. The molecule has 0 atom stereocenters. The maximum absolute atomic E-state index is 12.2. The Bertz CT molecular complexity index is 682. The molecule has 116 valence electrons. The summed E-state index contributed by atoms with van der Waals surface area (Å²) in [6, 6.07) is 5.95. The molecule has 2 aromatic heterocycles. The average Bonchev–Trinajstić information content (AvgIpc) is 2.94. The zero-order valence-corrected chi connectivity index (χ0v) is 12.5. The molecule has 0 saturated carbocycles. The van der Waals surface area contributed by atoms with Crippen LogP contribution in [0.1, 0.15) is 18.4 Å². The van der Waals surface area contributed by atoms with Crippen molar-refractivity contribution in [3.05, 3.63) is 36.2 Å². The number of carbonyl (C=O) groups excluding carboxylic acids is 1. The number of ether oxygens (including phenoxy) is 1. The fourth-order valence-corrected chi connectivity index (χ4v) is 3.43. The van der Waals surface area contributed by atoms with Crippen LogP contribution < -0.4 is 5.32 Å². The topological polar surface area (TPSA) is 58.9 Å². The third-order valence-corrected chi connectivity index (χ3v) is 4.83. The molecule has 0 unspecified atom stereocenters. The van der Waals surface area contributed by atoms with Crippen molar-refractivity contribution in [2.75, 3.05) is 26.3 Å². The Morgan fingerprint density at radius 3 is 2.95 bits per heavy atom. The Hall–Kier alpha value is -2.08. The number of urea groups is 1. The second-order valence-electron chi connectivity index (χ2n) is 6.33. The highest BCUT2D eigenvalue weighted by Gasteiger charge is 2.45. The fourth-order valence-electron chi connectivity index (χ4n) is 3.43. The highest BCUT2D eigenvalue weighted by Crippen LogP contribution is 2.39. The molecule has 4 rings (SSSR count). The molecule has 6 nitrogen and oxygen atoms in total. The first-order valence-electron chi connectivity index (χ1n) is 7.78. The predicted molar refractivity (Wildman–Crippen MR) is 81.5 cm³/mol. The molecule has 4 heterocycles. The van der Waals surface area contributed by atoms with E-state index in [1.165, 1.54) is 0 Å². The van der Waals surface area contributed by atoms with E-state index < -0.39 is 0 Å². The summed E-state index contributed by atoms with van der Waals surface area (Å²) >= 11 is 0. The number of carbonyl (C=O) groups is 1. The summed E-state index contributed by atoms with van der Waals surface area (Å²) in [4.78, 5) is 14.1. The standard InChI is InChI=1S/C16H20N4O2/c21-15(19-11-16(12-19)4-7-22-8-5-16)17-9-13-10-18-20-6-2-1-3-14(13)20/h1-3,6,10H,4-5,7-9,11-12H2,(H,17,21). The molecule has 2 aromatic rings. The van der Waals surface area contributed by atoms with Gasteiger partial charge < -0.3 is 15.0 Å². The lowest BCUT2D eigenvalue weighted by Gasteiger charge is -2.51. The van der Waals surface area contributed by atoms with Crippen LogP contribution in [0.15, 0.2) is 30.6 Å². The van der Waals surface area contributed by atoms with Crippen LogP contribution in [0.25, 0.3) is 5.52 Å². The first kappa shape index (κ1) is 13.6. The molecule has 1 N–H and O–H groups in total. The summed E-state index contributed by atoms with van der Waals surface area (Å²) in [6.45, 7) is 3.89. The van der Waals surface area contributed by atoms with Gasteiger partial charge in [0.1, 0.15) is 0 Å². The number of nitrogens with one attached hydrogen (secondary N) is 1. The molecule has 22 heavy (non-hydrogen) atoms. The highest BCUT2D eigenvalue weighted by molar-refractivity contribution is 5.75. The zero-order chi connectivity index (χ0) is 15.0. The van der Waals surface area contributed by atoms with Gasteiger partial charge in [-0.1, -0.05) is 6.07 Å². The van der Waals surface area contributed by atoms with Gasteiger partial charge in [-0.25, -0.2) is 9.31 Å². The summed E-state index contributed by atoms with van der Waals surface area (Å²) < 4.78 is 7.23. The maximum Gasteiger partial charge on any atom is 0.317 e. The van der Waals surface area contributed by atoms with Gasteiger partial charge in [-0.05, 0) is 25.0 Å². The molecule has 6 heteroatoms. The Labute approximate surface area is 129 Å². The molecular formula is C16H20N4O2. The predicted octanol–water partition coefficient (Wildman–Crippen LogP) is 1.66. The third-order valence-electron chi connectivity index (χ3n) is 4.83. The highest BCUT2D eigenvalue weighted by atomic mass is 16.5. The number of aromatic nitrogens is 2. The molecular weight excluding hydrogens is 280 g/mol. The molecule has 0 radical (unpaired) electrons. The smallest absolute Gasteiger partial charge is 0.317 e. The lowest BCUT2D eigenvalue weighted by molar-refractivity contribution is -0.0616. The molecule has 2 aliphatic rings. The van der Waals surface area contributed by atoms with Gasteiger partial charge in [0.05, 0.1) is 11.7 Å². The minimum Gasteiger partial charge on any atom is -0.381 e. The van der Waals surface area contributed by atoms with Crippen LogP contribution in [0.5, 0.6) is 0 Å². The van der Waals surface area contributed by atoms with Gasteiger partial charge >= 0.3 is 6.03 Å². The Balaban J connectivity index is 1.34. The van der Waals surface area contributed by atoms with Crippen LogP contribution in [0.2, 0.25) is 0 Å². The van der Waals surface area contributed by atoms with Crippen LogP contribution in [0.3, 0.4) is 0 Å². The number of rotatable bonds is 2. The van der Waals surface area contributed by atoms with Crippen molar-refractivity contribution in [2.24, 2.45) is 5.41 Å². The van der Waals surface area contributed by atoms with Crippen LogP contribution in [-0.4, -0.2) is 46.8 Å². The van der Waals surface area contributed by atoms with E-state index in [2.05, 4.69) is 10.4 Å². The molecule has 1 spiro atoms. The van der Waals surface area contributed by atoms with E-state index in [-0.39, 0.29) is 6.03 Å². The van der Waals surface area contributed by atoms with Crippen molar-refractivity contribution in [1.82, 2.24) is 19.8 Å². The molecule has 2 fully saturated rings. The van der Waals surface area contributed by atoms with Crippen LogP contribution in [-0.2, 0) is 11.3 Å². The summed E-state index contributed by atoms with van der Waals surface area (Å²) in [5, 5.41) is 7.29. The second-order valence-corrected chi connectivity index (χ2v) is 6.33. The summed E-state index contributed by atoms with van der Waals surface area (Å²) in [5.74, 6) is 0. The van der Waals surface area contributed by atoms with E-state index in [9.17, 15) is 4.79 Å². The quantitative estimate of drug-likeness (QED) is 0.917. The minimum atomic E-state index is 0.0207. The number of amides is 2. The summed E-state index contributed by atoms with van der Waals surface area (Å²) in [5.41, 5.74) is 2.39. The van der Waals surface area contributed by atoms with Crippen molar-refractivity contribution < 1.29 is 9.53 Å². The molecule has 2 saturated heterocycles. The monoisotopic (exact) mass is 300 g/mol. The van der Waals surface area contributed by atoms with Gasteiger partial charge in [-0.2, -0.15) is 5.10 Å². The van der Waals surface area contributed by atoms with Crippen LogP contribution in [0, 0.1) is 5.41 Å². The van der Waals surface area contributed by atoms with E-state index in [1.54, 1.807) is 0 Å². The Morgan fingerprint density at radius 2 is 2.14 bits per heavy atom. The van der Waals surface area contributed by atoms with Crippen molar-refractivity contribution in [3.8, 4) is 0 Å². The van der Waals surface area contributed by atoms with Crippen molar-refractivity contribution in [1.29, 1.82) is 0 Å². The van der Waals surface area contributed by atoms with Gasteiger partial charge in [0.15, 0.2) is 0 Å². The van der Waals surface area contributed by atoms with Gasteiger partial charge in [-0.15, -0.1) is 0 Å². The van der Waals surface area contributed by atoms with Crippen LogP contribution >= 0.6 is 0 Å². The number of hydrogen-bond donors (Lipinski definition) is 1. The molecule has 0 aliphatic carbocycles. The summed E-state index contributed by atoms with van der Waals surface area (Å²) in [6.07, 6.45) is 5.87. The van der Waals surface area contributed by atoms with E-state index in [0.29, 0.717) is 12.0 Å². The number of hydrogen-bond acceptors (Lipinski definition) is 3. The van der Waals surface area contributed by atoms with E-state index in [1.807, 2.05) is 40.0 Å². The lowest BCUT2D eigenvalue weighted by atomic mass is 9.73. The van der Waals surface area contributed by atoms with Crippen molar-refractivity contribution in [2.45, 2.75) is 19.4 Å². The SMILES string of the molecule is O=C(NCc1cnn2ccccc12)N1CC2(CCOCC2)C1. The van der Waals surface area contributed by atoms with E-state index >= 15 is 0 Å². The zero-order valence-electron chi connectivity index (χ0n) is 12.5. The van der Waals surface area contributed by atoms with Gasteiger partial charge in [-0.3, -0.25) is 0 Å². The lowest BCUT2D eigenvalue weighted by Crippen LogP contribution is -2.62. The van der Waals surface area contributed by atoms with Gasteiger partial charge in [0.25, 0.3) is 0 Å². The average molecular weight is 300 g/mol. The first-order chi connectivity index (χ1) is 10.8. The maximum atomic E-state index is 12.2. The Kier molecular flexibility index (Phi) is 3.26. The molecule has 2 aliphatic heterocycles. The Morgan fingerprint density at radius 1 is 1.32 bits per heavy atom. The normalized spacial score (nSPS) is 20.1. The van der Waals surface area contributed by atoms with Gasteiger partial charge in [0, 0.05) is 50.0 Å². The number of pyridine rings is 1. The first-order valence-corrected chi connectivity index (χ1v) is 7.78. The molecule has 0 bridgehead atoms. The van der Waals surface area contributed by atoms with Crippen molar-refractivity contribution >= 4 is 11.5 Å². The summed E-state index contributed by atoms with van der Waals surface area (Å²) in [7, 11) is 0. The van der Waals surface area contributed by atoms with Gasteiger partial charge in [0.2, 0.25) is 0 Å². The number of nitrogens with zero attached hydrogens (tertiary/aromatic N) is 3.